The lowest BCUT2D eigenvalue weighted by Gasteiger charge is -2.45. The highest BCUT2D eigenvalue weighted by Gasteiger charge is 2.33. The van der Waals surface area contributed by atoms with Crippen LogP contribution in [0.4, 0.5) is 5.69 Å². The molecule has 1 aromatic rings. The van der Waals surface area contributed by atoms with Crippen LogP contribution in [0.2, 0.25) is 0 Å². The molecule has 2 aliphatic heterocycles. The van der Waals surface area contributed by atoms with Gasteiger partial charge in [0.1, 0.15) is 0 Å². The van der Waals surface area contributed by atoms with Crippen LogP contribution in [0.1, 0.15) is 44.7 Å². The second-order valence-electron chi connectivity index (χ2n) is 8.97. The topological polar surface area (TPSA) is 38.8 Å². The fourth-order valence-corrected chi connectivity index (χ4v) is 4.96. The normalized spacial score (nSPS) is 22.2. The Balaban J connectivity index is 1.50. The third-order valence-electron chi connectivity index (χ3n) is 5.95. The van der Waals surface area contributed by atoms with Gasteiger partial charge in [0, 0.05) is 56.4 Å². The van der Waals surface area contributed by atoms with Crippen LogP contribution in [-0.4, -0.2) is 65.1 Å². The van der Waals surface area contributed by atoms with Crippen LogP contribution in [0, 0.1) is 13.8 Å². The van der Waals surface area contributed by atoms with Crippen LogP contribution in [0.15, 0.2) is 18.2 Å². The molecule has 0 saturated carbocycles. The number of hydrogen-bond donors (Lipinski definition) is 1. The predicted octanol–water partition coefficient (Wildman–Crippen LogP) is 3.09. The summed E-state index contributed by atoms with van der Waals surface area (Å²) in [6.07, 6.45) is 1.55. The molecule has 6 heteroatoms. The van der Waals surface area contributed by atoms with Gasteiger partial charge in [0.05, 0.1) is 0 Å². The van der Waals surface area contributed by atoms with Crippen molar-refractivity contribution in [1.82, 2.24) is 15.1 Å². The zero-order valence-corrected chi connectivity index (χ0v) is 18.7. The minimum absolute atomic E-state index is 0.0290. The first-order chi connectivity index (χ1) is 13.2. The van der Waals surface area contributed by atoms with Crippen molar-refractivity contribution < 1.29 is 4.79 Å². The van der Waals surface area contributed by atoms with Gasteiger partial charge in [-0.2, -0.15) is 0 Å². The van der Waals surface area contributed by atoms with Crippen molar-refractivity contribution in [3.63, 3.8) is 0 Å². The van der Waals surface area contributed by atoms with Crippen LogP contribution >= 0.6 is 12.2 Å². The molecule has 1 atom stereocenters. The molecular formula is C22H34N4OS. The van der Waals surface area contributed by atoms with Gasteiger partial charge in [0.25, 0.3) is 0 Å². The zero-order chi connectivity index (χ0) is 20.5. The number of benzene rings is 1. The third-order valence-corrected chi connectivity index (χ3v) is 6.28. The first kappa shape index (κ1) is 20.9. The highest BCUT2D eigenvalue weighted by molar-refractivity contribution is 7.80. The maximum Gasteiger partial charge on any atom is 0.224 e. The van der Waals surface area contributed by atoms with Crippen LogP contribution < -0.4 is 10.2 Å². The van der Waals surface area contributed by atoms with E-state index < -0.39 is 0 Å². The summed E-state index contributed by atoms with van der Waals surface area (Å²) in [5, 5.41) is 4.17. The fourth-order valence-electron chi connectivity index (χ4n) is 4.41. The van der Waals surface area contributed by atoms with Gasteiger partial charge in [-0.05, 0) is 70.5 Å². The molecule has 0 unspecified atom stereocenters. The molecule has 2 saturated heterocycles. The van der Waals surface area contributed by atoms with Crippen molar-refractivity contribution in [2.45, 2.75) is 59.0 Å². The average Bonchev–Trinajstić information content (AvgIpc) is 2.62. The molecule has 3 rings (SSSR count). The van der Waals surface area contributed by atoms with Crippen molar-refractivity contribution >= 4 is 28.9 Å². The Morgan fingerprint density at radius 1 is 1.21 bits per heavy atom. The highest BCUT2D eigenvalue weighted by atomic mass is 32.1. The zero-order valence-electron chi connectivity index (χ0n) is 17.9. The van der Waals surface area contributed by atoms with Gasteiger partial charge in [-0.3, -0.25) is 4.79 Å². The Hall–Kier alpha value is -1.82. The SMILES string of the molecule is Cc1ccc(C)c(N2CCN(C(=O)CCN3C(=S)NC(C)(C)C[C@@H]3C)CC2)c1. The molecule has 2 heterocycles. The number of aryl methyl sites for hydroxylation is 2. The highest BCUT2D eigenvalue weighted by Crippen LogP contribution is 2.24. The van der Waals surface area contributed by atoms with Gasteiger partial charge in [-0.1, -0.05) is 12.1 Å². The van der Waals surface area contributed by atoms with Gasteiger partial charge in [0.15, 0.2) is 5.11 Å². The standard InChI is InChI=1S/C22H34N4OS/c1-16-6-7-17(2)19(14-16)24-10-12-25(13-11-24)20(27)8-9-26-18(3)15-22(4,5)23-21(26)28/h6-7,14,18H,8-13,15H2,1-5H3,(H,23,28)/t18-/m0/s1. The van der Waals surface area contributed by atoms with E-state index in [-0.39, 0.29) is 11.4 Å². The minimum Gasteiger partial charge on any atom is -0.368 e. The van der Waals surface area contributed by atoms with Crippen LogP contribution in [-0.2, 0) is 4.79 Å². The quantitative estimate of drug-likeness (QED) is 0.784. The van der Waals surface area contributed by atoms with E-state index in [2.05, 4.69) is 67.9 Å². The molecule has 2 aliphatic rings. The number of piperazine rings is 1. The molecule has 1 aromatic carbocycles. The molecule has 1 amide bonds. The van der Waals surface area contributed by atoms with Crippen molar-refractivity contribution in [2.75, 3.05) is 37.6 Å². The molecule has 0 bridgehead atoms. The second-order valence-corrected chi connectivity index (χ2v) is 9.36. The number of thiocarbonyl (C=S) groups is 1. The van der Waals surface area contributed by atoms with E-state index in [1.54, 1.807) is 0 Å². The molecule has 28 heavy (non-hydrogen) atoms. The molecule has 0 aromatic heterocycles. The second kappa shape index (κ2) is 8.27. The Labute approximate surface area is 175 Å². The molecule has 2 fully saturated rings. The summed E-state index contributed by atoms with van der Waals surface area (Å²) in [6.45, 7) is 14.9. The monoisotopic (exact) mass is 402 g/mol. The van der Waals surface area contributed by atoms with E-state index in [1.165, 1.54) is 16.8 Å². The summed E-state index contributed by atoms with van der Waals surface area (Å²) >= 11 is 5.54. The Kier molecular flexibility index (Phi) is 6.18. The van der Waals surface area contributed by atoms with Crippen LogP contribution in [0.25, 0.3) is 0 Å². The number of carbonyl (C=O) groups is 1. The maximum atomic E-state index is 12.8. The van der Waals surface area contributed by atoms with Gasteiger partial charge in [-0.25, -0.2) is 0 Å². The summed E-state index contributed by atoms with van der Waals surface area (Å²) < 4.78 is 0. The molecule has 5 nitrogen and oxygen atoms in total. The first-order valence-electron chi connectivity index (χ1n) is 10.3. The fraction of sp³-hybridized carbons (Fsp3) is 0.636. The van der Waals surface area contributed by atoms with E-state index in [9.17, 15) is 4.79 Å². The number of nitrogens with one attached hydrogen (secondary N) is 1. The van der Waals surface area contributed by atoms with E-state index in [0.717, 1.165) is 37.7 Å². The van der Waals surface area contributed by atoms with Gasteiger partial charge in [-0.15, -0.1) is 0 Å². The number of carbonyl (C=O) groups excluding carboxylic acids is 1. The summed E-state index contributed by atoms with van der Waals surface area (Å²) in [4.78, 5) is 19.3. The smallest absolute Gasteiger partial charge is 0.224 e. The average molecular weight is 403 g/mol. The van der Waals surface area contributed by atoms with Crippen molar-refractivity contribution in [2.24, 2.45) is 0 Å². The van der Waals surface area contributed by atoms with E-state index >= 15 is 0 Å². The van der Waals surface area contributed by atoms with Gasteiger partial charge >= 0.3 is 0 Å². The molecule has 0 spiro atoms. The number of amides is 1. The first-order valence-corrected chi connectivity index (χ1v) is 10.8. The lowest BCUT2D eigenvalue weighted by Crippen LogP contribution is -2.60. The van der Waals surface area contributed by atoms with Crippen molar-refractivity contribution in [3.8, 4) is 0 Å². The number of anilines is 1. The largest absolute Gasteiger partial charge is 0.368 e. The van der Waals surface area contributed by atoms with Gasteiger partial charge < -0.3 is 20.0 Å². The summed E-state index contributed by atoms with van der Waals surface area (Å²) in [7, 11) is 0. The van der Waals surface area contributed by atoms with E-state index in [1.807, 2.05) is 4.90 Å². The molecule has 0 radical (unpaired) electrons. The van der Waals surface area contributed by atoms with E-state index in [0.29, 0.717) is 19.0 Å². The van der Waals surface area contributed by atoms with Crippen molar-refractivity contribution in [3.05, 3.63) is 29.3 Å². The molecule has 154 valence electrons. The minimum atomic E-state index is 0.0290. The number of rotatable bonds is 4. The van der Waals surface area contributed by atoms with Gasteiger partial charge in [0.2, 0.25) is 5.91 Å². The Morgan fingerprint density at radius 3 is 2.54 bits per heavy atom. The summed E-state index contributed by atoms with van der Waals surface area (Å²) in [6, 6.07) is 6.94. The molecule has 0 aliphatic carbocycles. The van der Waals surface area contributed by atoms with Crippen LogP contribution in [0.5, 0.6) is 0 Å². The Bertz CT molecular complexity index is 740. The summed E-state index contributed by atoms with van der Waals surface area (Å²) in [5.74, 6) is 0.237. The van der Waals surface area contributed by atoms with Crippen LogP contribution in [0.3, 0.4) is 0 Å². The predicted molar refractivity (Wildman–Crippen MR) is 120 cm³/mol. The maximum absolute atomic E-state index is 12.8. The summed E-state index contributed by atoms with van der Waals surface area (Å²) in [5.41, 5.74) is 3.91. The third kappa shape index (κ3) is 4.77. The molecule has 1 N–H and O–H groups in total. The molecular weight excluding hydrogens is 368 g/mol. The van der Waals surface area contributed by atoms with Crippen molar-refractivity contribution in [1.29, 1.82) is 0 Å². The number of hydrogen-bond acceptors (Lipinski definition) is 3. The lowest BCUT2D eigenvalue weighted by atomic mass is 9.93. The number of nitrogens with zero attached hydrogens (tertiary/aromatic N) is 3. The lowest BCUT2D eigenvalue weighted by molar-refractivity contribution is -0.131. The van der Waals surface area contributed by atoms with E-state index in [4.69, 9.17) is 12.2 Å². The Morgan fingerprint density at radius 2 is 1.89 bits per heavy atom.